The van der Waals surface area contributed by atoms with Crippen molar-refractivity contribution in [2.45, 2.75) is 44.8 Å². The van der Waals surface area contributed by atoms with Gasteiger partial charge < -0.3 is 14.2 Å². The summed E-state index contributed by atoms with van der Waals surface area (Å²) in [4.78, 5) is 21.4. The molecule has 0 radical (unpaired) electrons. The van der Waals surface area contributed by atoms with Crippen LogP contribution in [0.5, 0.6) is 0 Å². The third-order valence-electron chi connectivity index (χ3n) is 5.41. The number of amides is 1. The van der Waals surface area contributed by atoms with Crippen molar-refractivity contribution >= 4 is 5.91 Å². The van der Waals surface area contributed by atoms with Crippen LogP contribution in [0.4, 0.5) is 0 Å². The number of carbonyl (C=O) groups is 1. The first kappa shape index (κ1) is 17.4. The fourth-order valence-electron chi connectivity index (χ4n) is 3.99. The van der Waals surface area contributed by atoms with E-state index in [1.165, 1.54) is 0 Å². The van der Waals surface area contributed by atoms with Crippen LogP contribution in [-0.4, -0.2) is 64.7 Å². The lowest BCUT2D eigenvalue weighted by molar-refractivity contribution is -0.132. The average Bonchev–Trinajstić information content (AvgIpc) is 3.20. The third kappa shape index (κ3) is 4.36. The van der Waals surface area contributed by atoms with Gasteiger partial charge in [-0.1, -0.05) is 0 Å². The molecule has 1 aromatic heterocycles. The zero-order chi connectivity index (χ0) is 16.9. The van der Waals surface area contributed by atoms with Crippen LogP contribution in [0.2, 0.25) is 0 Å². The summed E-state index contributed by atoms with van der Waals surface area (Å²) in [5, 5.41) is 0. The van der Waals surface area contributed by atoms with Crippen molar-refractivity contribution in [3.63, 3.8) is 0 Å². The zero-order valence-corrected chi connectivity index (χ0v) is 15.0. The van der Waals surface area contributed by atoms with E-state index >= 15 is 0 Å². The minimum Gasteiger partial charge on any atom is -0.381 e. The molecule has 0 spiro atoms. The van der Waals surface area contributed by atoms with E-state index in [1.807, 2.05) is 22.8 Å². The van der Waals surface area contributed by atoms with E-state index in [2.05, 4.69) is 16.1 Å². The Morgan fingerprint density at radius 3 is 2.67 bits per heavy atom. The maximum atomic E-state index is 12.5. The van der Waals surface area contributed by atoms with Gasteiger partial charge in [0.05, 0.1) is 18.1 Å². The molecule has 24 heavy (non-hydrogen) atoms. The number of nitrogens with zero attached hydrogens (tertiary/aromatic N) is 4. The molecular weight excluding hydrogens is 304 g/mol. The molecule has 1 aromatic rings. The molecule has 0 aliphatic carbocycles. The number of carbonyl (C=O) groups excluding carboxylic acids is 1. The summed E-state index contributed by atoms with van der Waals surface area (Å²) in [6.45, 7) is 4.77. The summed E-state index contributed by atoms with van der Waals surface area (Å²) in [6.07, 6.45) is 9.06. The van der Waals surface area contributed by atoms with E-state index in [0.29, 0.717) is 18.2 Å². The Bertz CT molecular complexity index is 539. The number of ether oxygens (including phenoxy) is 1. The first-order valence-electron chi connectivity index (χ1n) is 9.15. The number of hydrogen-bond acceptors (Lipinski definition) is 4. The first-order chi connectivity index (χ1) is 11.7. The lowest BCUT2D eigenvalue weighted by atomic mass is 9.93. The molecule has 3 rings (SSSR count). The molecule has 6 nitrogen and oxygen atoms in total. The molecule has 2 aliphatic rings. The van der Waals surface area contributed by atoms with Crippen LogP contribution in [0.1, 0.15) is 37.8 Å². The highest BCUT2D eigenvalue weighted by molar-refractivity contribution is 5.76. The second-order valence-electron chi connectivity index (χ2n) is 7.21. The minimum absolute atomic E-state index is 0.185. The van der Waals surface area contributed by atoms with Crippen molar-refractivity contribution in [1.82, 2.24) is 19.4 Å². The molecule has 134 valence electrons. The van der Waals surface area contributed by atoms with Gasteiger partial charge in [-0.2, -0.15) is 0 Å². The summed E-state index contributed by atoms with van der Waals surface area (Å²) in [7, 11) is 3.78. The molecule has 0 bridgehead atoms. The number of hydrogen-bond donors (Lipinski definition) is 0. The van der Waals surface area contributed by atoms with Crippen molar-refractivity contribution in [3.8, 4) is 0 Å². The van der Waals surface area contributed by atoms with Gasteiger partial charge in [-0.3, -0.25) is 9.69 Å². The predicted molar refractivity (Wildman–Crippen MR) is 92.4 cm³/mol. The normalized spacial score (nSPS) is 25.8. The standard InChI is InChI=1S/C18H30N4O2/c1-20-12-16(19-14-20)13-21-9-5-15(17(24-2)6-10-21)11-18(23)22-7-3-4-8-22/h12,14-15,17H,3-11,13H2,1-2H3/t15-,17+/m1/s1. The lowest BCUT2D eigenvalue weighted by Gasteiger charge is -2.25. The molecule has 3 heterocycles. The summed E-state index contributed by atoms with van der Waals surface area (Å²) in [5.74, 6) is 0.648. The lowest BCUT2D eigenvalue weighted by Crippen LogP contribution is -2.33. The minimum atomic E-state index is 0.185. The third-order valence-corrected chi connectivity index (χ3v) is 5.41. The predicted octanol–water partition coefficient (Wildman–Crippen LogP) is 1.66. The Kier molecular flexibility index (Phi) is 5.89. The Morgan fingerprint density at radius 1 is 1.25 bits per heavy atom. The Labute approximate surface area is 144 Å². The van der Waals surface area contributed by atoms with Crippen LogP contribution in [0.25, 0.3) is 0 Å². The van der Waals surface area contributed by atoms with E-state index in [4.69, 9.17) is 4.74 Å². The molecule has 0 unspecified atom stereocenters. The van der Waals surface area contributed by atoms with E-state index in [0.717, 1.165) is 64.1 Å². The Hall–Kier alpha value is -1.40. The Balaban J connectivity index is 1.56. The maximum Gasteiger partial charge on any atom is 0.222 e. The smallest absolute Gasteiger partial charge is 0.222 e. The molecular formula is C18H30N4O2. The quantitative estimate of drug-likeness (QED) is 0.822. The highest BCUT2D eigenvalue weighted by atomic mass is 16.5. The van der Waals surface area contributed by atoms with Crippen LogP contribution in [-0.2, 0) is 23.1 Å². The number of aromatic nitrogens is 2. The molecule has 1 amide bonds. The van der Waals surface area contributed by atoms with Gasteiger partial charge in [-0.15, -0.1) is 0 Å². The molecule has 0 N–H and O–H groups in total. The van der Waals surface area contributed by atoms with Crippen LogP contribution in [0, 0.1) is 5.92 Å². The fraction of sp³-hybridized carbons (Fsp3) is 0.778. The van der Waals surface area contributed by atoms with Crippen molar-refractivity contribution < 1.29 is 9.53 Å². The zero-order valence-electron chi connectivity index (χ0n) is 15.0. The van der Waals surface area contributed by atoms with Crippen molar-refractivity contribution in [1.29, 1.82) is 0 Å². The number of likely N-dealkylation sites (tertiary alicyclic amines) is 2. The highest BCUT2D eigenvalue weighted by Gasteiger charge is 2.30. The van der Waals surface area contributed by atoms with Crippen LogP contribution in [0.15, 0.2) is 12.5 Å². The Morgan fingerprint density at radius 2 is 2.00 bits per heavy atom. The van der Waals surface area contributed by atoms with Crippen molar-refractivity contribution in [2.24, 2.45) is 13.0 Å². The van der Waals surface area contributed by atoms with Gasteiger partial charge in [-0.25, -0.2) is 4.98 Å². The number of rotatable bonds is 5. The SMILES string of the molecule is CO[C@H]1CCN(Cc2cn(C)cn2)CC[C@@H]1CC(=O)N1CCCC1. The average molecular weight is 334 g/mol. The maximum absolute atomic E-state index is 12.5. The highest BCUT2D eigenvalue weighted by Crippen LogP contribution is 2.26. The van der Waals surface area contributed by atoms with Crippen LogP contribution < -0.4 is 0 Å². The molecule has 0 aromatic carbocycles. The van der Waals surface area contributed by atoms with Gasteiger partial charge in [0.2, 0.25) is 5.91 Å². The van der Waals surface area contributed by atoms with E-state index in [1.54, 1.807) is 7.11 Å². The van der Waals surface area contributed by atoms with Crippen molar-refractivity contribution in [3.05, 3.63) is 18.2 Å². The summed E-state index contributed by atoms with van der Waals surface area (Å²) < 4.78 is 7.72. The van der Waals surface area contributed by atoms with Crippen LogP contribution >= 0.6 is 0 Å². The molecule has 2 saturated heterocycles. The largest absolute Gasteiger partial charge is 0.381 e. The summed E-state index contributed by atoms with van der Waals surface area (Å²) in [6, 6.07) is 0. The second-order valence-corrected chi connectivity index (χ2v) is 7.21. The van der Waals surface area contributed by atoms with Gasteiger partial charge in [0.1, 0.15) is 0 Å². The van der Waals surface area contributed by atoms with Gasteiger partial charge in [0.15, 0.2) is 0 Å². The van der Waals surface area contributed by atoms with E-state index < -0.39 is 0 Å². The molecule has 2 atom stereocenters. The molecule has 6 heteroatoms. The number of methoxy groups -OCH3 is 1. The van der Waals surface area contributed by atoms with Crippen LogP contribution in [0.3, 0.4) is 0 Å². The first-order valence-corrected chi connectivity index (χ1v) is 9.15. The van der Waals surface area contributed by atoms with Crippen molar-refractivity contribution in [2.75, 3.05) is 33.3 Å². The number of aryl methyl sites for hydroxylation is 1. The topological polar surface area (TPSA) is 50.6 Å². The fourth-order valence-corrected chi connectivity index (χ4v) is 3.99. The molecule has 2 aliphatic heterocycles. The van der Waals surface area contributed by atoms with Gasteiger partial charge in [0, 0.05) is 53.0 Å². The van der Waals surface area contributed by atoms with E-state index in [-0.39, 0.29) is 6.10 Å². The summed E-state index contributed by atoms with van der Waals surface area (Å²) in [5.41, 5.74) is 1.11. The van der Waals surface area contributed by atoms with E-state index in [9.17, 15) is 4.79 Å². The van der Waals surface area contributed by atoms with Gasteiger partial charge in [-0.05, 0) is 38.1 Å². The summed E-state index contributed by atoms with van der Waals surface area (Å²) >= 11 is 0. The van der Waals surface area contributed by atoms with Gasteiger partial charge in [0.25, 0.3) is 0 Å². The van der Waals surface area contributed by atoms with Gasteiger partial charge >= 0.3 is 0 Å². The second kappa shape index (κ2) is 8.12. The molecule has 2 fully saturated rings. The monoisotopic (exact) mass is 334 g/mol. The molecule has 0 saturated carbocycles. The number of imidazole rings is 1.